The molecular weight excluding hydrogens is 235 g/mol. The first-order chi connectivity index (χ1) is 8.69. The van der Waals surface area contributed by atoms with Gasteiger partial charge in [0.2, 0.25) is 0 Å². The number of nitrogens with zero attached hydrogens (tertiary/aromatic N) is 1. The molecule has 18 heavy (non-hydrogen) atoms. The van der Waals surface area contributed by atoms with E-state index in [0.717, 1.165) is 17.0 Å². The van der Waals surface area contributed by atoms with Crippen molar-refractivity contribution >= 4 is 0 Å². The lowest BCUT2D eigenvalue weighted by Gasteiger charge is -2.05. The zero-order valence-corrected chi connectivity index (χ0v) is 10.4. The van der Waals surface area contributed by atoms with Gasteiger partial charge in [-0.3, -0.25) is 0 Å². The number of hydrogen-bond donors (Lipinski definition) is 1. The predicted octanol–water partition coefficient (Wildman–Crippen LogP) is 2.42. The van der Waals surface area contributed by atoms with Crippen molar-refractivity contribution in [3.8, 4) is 5.75 Å². The van der Waals surface area contributed by atoms with Gasteiger partial charge in [0.25, 0.3) is 0 Å². The fourth-order valence-corrected chi connectivity index (χ4v) is 1.65. The van der Waals surface area contributed by atoms with E-state index in [1.807, 2.05) is 19.1 Å². The van der Waals surface area contributed by atoms with Gasteiger partial charge in [-0.1, -0.05) is 11.2 Å². The summed E-state index contributed by atoms with van der Waals surface area (Å²) >= 11 is 0. The highest BCUT2D eigenvalue weighted by Crippen LogP contribution is 2.17. The maximum atomic E-state index is 13.4. The van der Waals surface area contributed by atoms with Crippen LogP contribution in [0.3, 0.4) is 0 Å². The summed E-state index contributed by atoms with van der Waals surface area (Å²) in [7, 11) is 1.45. The predicted molar refractivity (Wildman–Crippen MR) is 64.7 cm³/mol. The molecule has 5 heteroatoms. The summed E-state index contributed by atoms with van der Waals surface area (Å²) in [6.07, 6.45) is 0. The number of benzene rings is 1. The van der Waals surface area contributed by atoms with Crippen molar-refractivity contribution < 1.29 is 13.7 Å². The van der Waals surface area contributed by atoms with Crippen LogP contribution >= 0.6 is 0 Å². The van der Waals surface area contributed by atoms with Crippen molar-refractivity contribution in [1.82, 2.24) is 10.5 Å². The molecule has 0 radical (unpaired) electrons. The molecule has 0 amide bonds. The van der Waals surface area contributed by atoms with Gasteiger partial charge < -0.3 is 14.6 Å². The van der Waals surface area contributed by atoms with Crippen molar-refractivity contribution in [2.75, 3.05) is 7.11 Å². The minimum atomic E-state index is -0.354. The lowest BCUT2D eigenvalue weighted by molar-refractivity contribution is 0.369. The van der Waals surface area contributed by atoms with E-state index in [1.54, 1.807) is 6.07 Å². The third-order valence-corrected chi connectivity index (χ3v) is 2.52. The zero-order valence-electron chi connectivity index (χ0n) is 10.4. The van der Waals surface area contributed by atoms with E-state index < -0.39 is 0 Å². The van der Waals surface area contributed by atoms with Crippen molar-refractivity contribution in [3.05, 3.63) is 47.1 Å². The third kappa shape index (κ3) is 3.07. The molecule has 0 aliphatic heterocycles. The minimum Gasteiger partial charge on any atom is -0.494 e. The van der Waals surface area contributed by atoms with E-state index in [0.29, 0.717) is 13.1 Å². The van der Waals surface area contributed by atoms with Gasteiger partial charge in [-0.2, -0.15) is 0 Å². The maximum absolute atomic E-state index is 13.4. The van der Waals surface area contributed by atoms with Gasteiger partial charge in [-0.15, -0.1) is 0 Å². The van der Waals surface area contributed by atoms with Crippen molar-refractivity contribution in [1.29, 1.82) is 0 Å². The van der Waals surface area contributed by atoms with Crippen LogP contribution in [0.4, 0.5) is 4.39 Å². The Morgan fingerprint density at radius 3 is 2.78 bits per heavy atom. The Kier molecular flexibility index (Phi) is 3.94. The number of ether oxygens (including phenoxy) is 1. The summed E-state index contributed by atoms with van der Waals surface area (Å²) in [5.74, 6) is 0.665. The Morgan fingerprint density at radius 1 is 1.33 bits per heavy atom. The molecule has 2 rings (SSSR count). The molecule has 0 saturated heterocycles. The first-order valence-electron chi connectivity index (χ1n) is 5.64. The molecule has 0 bridgehead atoms. The average molecular weight is 250 g/mol. The molecule has 0 aliphatic rings. The molecule has 1 N–H and O–H groups in total. The van der Waals surface area contributed by atoms with Gasteiger partial charge in [0.1, 0.15) is 0 Å². The SMILES string of the molecule is COc1ccc(CNCc2cc(C)no2)cc1F. The molecule has 0 atom stereocenters. The minimum absolute atomic E-state index is 0.254. The second kappa shape index (κ2) is 5.64. The molecule has 0 aliphatic carbocycles. The molecular formula is C13H15FN2O2. The summed E-state index contributed by atoms with van der Waals surface area (Å²) < 4.78 is 23.3. The molecule has 0 unspecified atom stereocenters. The van der Waals surface area contributed by atoms with E-state index in [-0.39, 0.29) is 11.6 Å². The first-order valence-corrected chi connectivity index (χ1v) is 5.64. The van der Waals surface area contributed by atoms with Crippen LogP contribution in [0.5, 0.6) is 5.75 Å². The second-order valence-corrected chi connectivity index (χ2v) is 4.01. The molecule has 0 saturated carbocycles. The molecule has 1 aromatic heterocycles. The van der Waals surface area contributed by atoms with E-state index >= 15 is 0 Å². The summed E-state index contributed by atoms with van der Waals surface area (Å²) in [5, 5.41) is 6.94. The third-order valence-electron chi connectivity index (χ3n) is 2.52. The highest BCUT2D eigenvalue weighted by atomic mass is 19.1. The molecule has 2 aromatic rings. The van der Waals surface area contributed by atoms with Crippen LogP contribution in [0.1, 0.15) is 17.0 Å². The summed E-state index contributed by atoms with van der Waals surface area (Å²) in [5.41, 5.74) is 1.70. The largest absolute Gasteiger partial charge is 0.494 e. The van der Waals surface area contributed by atoms with Crippen LogP contribution in [-0.2, 0) is 13.1 Å². The lowest BCUT2D eigenvalue weighted by atomic mass is 10.2. The van der Waals surface area contributed by atoms with Crippen molar-refractivity contribution in [2.24, 2.45) is 0 Å². The lowest BCUT2D eigenvalue weighted by Crippen LogP contribution is -2.12. The van der Waals surface area contributed by atoms with Crippen LogP contribution in [-0.4, -0.2) is 12.3 Å². The van der Waals surface area contributed by atoms with Crippen LogP contribution in [0.15, 0.2) is 28.8 Å². The number of nitrogens with one attached hydrogen (secondary N) is 1. The quantitative estimate of drug-likeness (QED) is 0.885. The highest BCUT2D eigenvalue weighted by molar-refractivity contribution is 5.29. The van der Waals surface area contributed by atoms with Gasteiger partial charge >= 0.3 is 0 Å². The topological polar surface area (TPSA) is 47.3 Å². The highest BCUT2D eigenvalue weighted by Gasteiger charge is 2.04. The number of halogens is 1. The average Bonchev–Trinajstić information content (AvgIpc) is 2.75. The summed E-state index contributed by atoms with van der Waals surface area (Å²) in [4.78, 5) is 0. The van der Waals surface area contributed by atoms with E-state index in [1.165, 1.54) is 13.2 Å². The monoisotopic (exact) mass is 250 g/mol. The summed E-state index contributed by atoms with van der Waals surface area (Å²) in [6, 6.07) is 6.75. The normalized spacial score (nSPS) is 10.6. The number of hydrogen-bond acceptors (Lipinski definition) is 4. The zero-order chi connectivity index (χ0) is 13.0. The Labute approximate surface area is 105 Å². The number of aromatic nitrogens is 1. The Morgan fingerprint density at radius 2 is 2.17 bits per heavy atom. The molecule has 96 valence electrons. The Balaban J connectivity index is 1.88. The molecule has 4 nitrogen and oxygen atoms in total. The fourth-order valence-electron chi connectivity index (χ4n) is 1.65. The van der Waals surface area contributed by atoms with Gasteiger partial charge in [0.05, 0.1) is 19.3 Å². The van der Waals surface area contributed by atoms with Crippen LogP contribution < -0.4 is 10.1 Å². The van der Waals surface area contributed by atoms with Crippen molar-refractivity contribution in [2.45, 2.75) is 20.0 Å². The smallest absolute Gasteiger partial charge is 0.165 e. The summed E-state index contributed by atoms with van der Waals surface area (Å²) in [6.45, 7) is 2.99. The van der Waals surface area contributed by atoms with Gasteiger partial charge in [0.15, 0.2) is 17.3 Å². The second-order valence-electron chi connectivity index (χ2n) is 4.01. The number of rotatable bonds is 5. The van der Waals surface area contributed by atoms with Crippen LogP contribution in [0.2, 0.25) is 0 Å². The standard InChI is InChI=1S/C13H15FN2O2/c1-9-5-11(18-16-9)8-15-7-10-3-4-13(17-2)12(14)6-10/h3-6,15H,7-8H2,1-2H3. The van der Waals surface area contributed by atoms with E-state index in [9.17, 15) is 4.39 Å². The number of methoxy groups -OCH3 is 1. The van der Waals surface area contributed by atoms with Gasteiger partial charge in [-0.05, 0) is 24.6 Å². The van der Waals surface area contributed by atoms with E-state index in [2.05, 4.69) is 10.5 Å². The molecule has 0 spiro atoms. The van der Waals surface area contributed by atoms with Gasteiger partial charge in [0, 0.05) is 12.6 Å². The van der Waals surface area contributed by atoms with Crippen LogP contribution in [0.25, 0.3) is 0 Å². The fraction of sp³-hybridized carbons (Fsp3) is 0.308. The molecule has 1 heterocycles. The Bertz CT molecular complexity index is 525. The van der Waals surface area contributed by atoms with Gasteiger partial charge in [-0.25, -0.2) is 4.39 Å². The van der Waals surface area contributed by atoms with Crippen molar-refractivity contribution in [3.63, 3.8) is 0 Å². The Hall–Kier alpha value is -1.88. The maximum Gasteiger partial charge on any atom is 0.165 e. The number of aryl methyl sites for hydroxylation is 1. The molecule has 0 fully saturated rings. The molecule has 1 aromatic carbocycles. The first kappa shape index (κ1) is 12.6. The van der Waals surface area contributed by atoms with E-state index in [4.69, 9.17) is 9.26 Å². The van der Waals surface area contributed by atoms with Crippen LogP contribution in [0, 0.1) is 12.7 Å².